The molecule has 0 aliphatic heterocycles. The van der Waals surface area contributed by atoms with Crippen LogP contribution in [0, 0.1) is 6.92 Å². The Morgan fingerprint density at radius 2 is 1.10 bits per heavy atom. The highest BCUT2D eigenvalue weighted by Gasteiger charge is 2.19. The van der Waals surface area contributed by atoms with Crippen molar-refractivity contribution < 1.29 is 0 Å². The van der Waals surface area contributed by atoms with Gasteiger partial charge in [0, 0.05) is 25.4 Å². The van der Waals surface area contributed by atoms with Crippen LogP contribution in [0.2, 0.25) is 0 Å². The van der Waals surface area contributed by atoms with Crippen LogP contribution in [-0.4, -0.2) is 4.57 Å². The van der Waals surface area contributed by atoms with Gasteiger partial charge in [-0.3, -0.25) is 0 Å². The van der Waals surface area contributed by atoms with E-state index in [2.05, 4.69) is 165 Å². The third-order valence-corrected chi connectivity index (χ3v) is 8.69. The van der Waals surface area contributed by atoms with Crippen LogP contribution in [0.5, 0.6) is 0 Å². The molecule has 1 aliphatic carbocycles. The first kappa shape index (κ1) is 29.6. The van der Waals surface area contributed by atoms with Gasteiger partial charge in [-0.1, -0.05) is 154 Å². The van der Waals surface area contributed by atoms with Crippen LogP contribution in [0.15, 0.2) is 155 Å². The normalized spacial score (nSPS) is 10.9. The summed E-state index contributed by atoms with van der Waals surface area (Å²) in [6, 6.07) is 50.7. The average molecular weight is 676 g/mol. The molecule has 1 heterocycles. The summed E-state index contributed by atoms with van der Waals surface area (Å²) >= 11 is 7.31. The molecule has 1 aromatic heterocycles. The smallest absolute Gasteiger partial charge is 0.0552 e. The first-order valence-electron chi connectivity index (χ1n) is 13.7. The van der Waals surface area contributed by atoms with Gasteiger partial charge in [-0.2, -0.15) is 0 Å². The molecule has 0 bridgehead atoms. The summed E-state index contributed by atoms with van der Waals surface area (Å²) in [7, 11) is 0. The highest BCUT2D eigenvalue weighted by atomic mass is 79.9. The van der Waals surface area contributed by atoms with Crippen molar-refractivity contribution in [2.24, 2.45) is 0 Å². The molecule has 1 nitrogen and oxygen atoms in total. The Bertz CT molecular complexity index is 1940. The quantitative estimate of drug-likeness (QED) is 0.163. The minimum absolute atomic E-state index is 0. The molecule has 0 saturated carbocycles. The van der Waals surface area contributed by atoms with E-state index in [4.69, 9.17) is 0 Å². The van der Waals surface area contributed by atoms with Gasteiger partial charge in [0.25, 0.3) is 0 Å². The van der Waals surface area contributed by atoms with E-state index in [1.807, 2.05) is 24.3 Å². The highest BCUT2D eigenvalue weighted by Crippen LogP contribution is 2.41. The number of rotatable bonds is 1. The molecule has 0 saturated heterocycles. The Balaban J connectivity index is 0.000000139. The molecule has 3 heteroatoms. The number of aryl methyl sites for hydroxylation is 1. The Morgan fingerprint density at radius 1 is 0.524 bits per heavy atom. The molecule has 0 amide bonds. The van der Waals surface area contributed by atoms with Crippen molar-refractivity contribution >= 4 is 53.7 Å². The predicted molar refractivity (Wildman–Crippen MR) is 189 cm³/mol. The lowest BCUT2D eigenvalue weighted by molar-refractivity contribution is 1.18. The second-order valence-corrected chi connectivity index (χ2v) is 11.8. The Morgan fingerprint density at radius 3 is 1.83 bits per heavy atom. The standard InChI is InChI=1S/C18H12BrN.C13H9Br.C7H8.CH4/c19-15-10-6-12-17-18(15)14-9-4-5-11-16(14)20(17)13-7-2-1-3-8-13;14-12-7-3-5-10-8-9-4-1-2-6-11(9)13(10)12;1-7-5-3-2-4-6-7;/h1-12H;1-7H,8H2;2-6H,1H3;1H4. The summed E-state index contributed by atoms with van der Waals surface area (Å²) in [6.07, 6.45) is 1.07. The van der Waals surface area contributed by atoms with E-state index in [-0.39, 0.29) is 7.43 Å². The number of para-hydroxylation sites is 2. The lowest BCUT2D eigenvalue weighted by Crippen LogP contribution is -1.92. The second-order valence-electron chi connectivity index (χ2n) is 10.1. The van der Waals surface area contributed by atoms with Crippen LogP contribution in [0.4, 0.5) is 0 Å². The number of fused-ring (bicyclic) bond motifs is 6. The maximum Gasteiger partial charge on any atom is 0.0552 e. The number of halogens is 2. The van der Waals surface area contributed by atoms with Crippen LogP contribution in [0.3, 0.4) is 0 Å². The largest absolute Gasteiger partial charge is 0.309 e. The van der Waals surface area contributed by atoms with Crippen LogP contribution in [0.1, 0.15) is 24.1 Å². The number of benzene rings is 6. The van der Waals surface area contributed by atoms with E-state index in [0.29, 0.717) is 0 Å². The van der Waals surface area contributed by atoms with Gasteiger partial charge in [0.2, 0.25) is 0 Å². The Hall–Kier alpha value is -3.92. The van der Waals surface area contributed by atoms with Crippen molar-refractivity contribution in [3.05, 3.63) is 171 Å². The summed E-state index contributed by atoms with van der Waals surface area (Å²) in [6.45, 7) is 2.08. The molecule has 0 fully saturated rings. The number of hydrogen-bond donors (Lipinski definition) is 0. The molecule has 0 unspecified atom stereocenters. The monoisotopic (exact) mass is 673 g/mol. The van der Waals surface area contributed by atoms with Crippen molar-refractivity contribution in [2.45, 2.75) is 20.8 Å². The first-order valence-corrected chi connectivity index (χ1v) is 15.3. The molecule has 208 valence electrons. The van der Waals surface area contributed by atoms with Gasteiger partial charge in [0.05, 0.1) is 11.0 Å². The maximum absolute atomic E-state index is 3.69. The molecular weight excluding hydrogens is 642 g/mol. The van der Waals surface area contributed by atoms with E-state index in [0.717, 1.165) is 10.9 Å². The van der Waals surface area contributed by atoms with Gasteiger partial charge in [0.1, 0.15) is 0 Å². The number of nitrogens with zero attached hydrogens (tertiary/aromatic N) is 1. The van der Waals surface area contributed by atoms with Gasteiger partial charge >= 0.3 is 0 Å². The lowest BCUT2D eigenvalue weighted by atomic mass is 10.1. The molecule has 8 rings (SSSR count). The zero-order chi connectivity index (χ0) is 28.2. The maximum atomic E-state index is 3.69. The van der Waals surface area contributed by atoms with Gasteiger partial charge in [0.15, 0.2) is 0 Å². The molecule has 0 atom stereocenters. The van der Waals surface area contributed by atoms with Gasteiger partial charge < -0.3 is 4.57 Å². The fraction of sp³-hybridized carbons (Fsp3) is 0.0769. The molecule has 7 aromatic rings. The van der Waals surface area contributed by atoms with E-state index >= 15 is 0 Å². The molecule has 1 aliphatic rings. The Labute approximate surface area is 265 Å². The summed E-state index contributed by atoms with van der Waals surface area (Å²) in [4.78, 5) is 0. The van der Waals surface area contributed by atoms with Crippen LogP contribution in [-0.2, 0) is 6.42 Å². The topological polar surface area (TPSA) is 4.93 Å². The van der Waals surface area contributed by atoms with E-state index < -0.39 is 0 Å². The van der Waals surface area contributed by atoms with Crippen molar-refractivity contribution in [3.63, 3.8) is 0 Å². The third kappa shape index (κ3) is 5.99. The molecule has 6 aromatic carbocycles. The third-order valence-electron chi connectivity index (χ3n) is 7.37. The van der Waals surface area contributed by atoms with Crippen molar-refractivity contribution in [1.29, 1.82) is 0 Å². The van der Waals surface area contributed by atoms with Gasteiger partial charge in [-0.15, -0.1) is 0 Å². The molecule has 0 radical (unpaired) electrons. The van der Waals surface area contributed by atoms with E-state index in [1.54, 1.807) is 0 Å². The van der Waals surface area contributed by atoms with Gasteiger partial charge in [-0.25, -0.2) is 0 Å². The van der Waals surface area contributed by atoms with Gasteiger partial charge in [-0.05, 0) is 72.0 Å². The average Bonchev–Trinajstić information content (AvgIpc) is 3.56. The summed E-state index contributed by atoms with van der Waals surface area (Å²) in [5.74, 6) is 0. The van der Waals surface area contributed by atoms with Crippen LogP contribution in [0.25, 0.3) is 38.6 Å². The lowest BCUT2D eigenvalue weighted by Gasteiger charge is -2.07. The zero-order valence-corrected chi connectivity index (χ0v) is 25.9. The molecule has 42 heavy (non-hydrogen) atoms. The first-order chi connectivity index (χ1) is 20.1. The van der Waals surface area contributed by atoms with Crippen molar-refractivity contribution in [2.75, 3.05) is 0 Å². The van der Waals surface area contributed by atoms with Crippen LogP contribution < -0.4 is 0 Å². The predicted octanol–water partition coefficient (Wildman–Crippen LogP) is 12.2. The minimum atomic E-state index is 0. The molecular formula is C39H33Br2N. The second kappa shape index (κ2) is 13.4. The summed E-state index contributed by atoms with van der Waals surface area (Å²) < 4.78 is 4.66. The SMILES string of the molecule is Brc1cccc2c1-c1ccccc1C2.Brc1cccc2c1c1ccccc1n2-c1ccccc1.C.Cc1ccccc1. The molecule has 0 N–H and O–H groups in total. The fourth-order valence-electron chi connectivity index (χ4n) is 5.51. The number of hydrogen-bond acceptors (Lipinski definition) is 0. The van der Waals surface area contributed by atoms with Crippen molar-refractivity contribution in [3.8, 4) is 16.8 Å². The number of aromatic nitrogens is 1. The van der Waals surface area contributed by atoms with E-state index in [9.17, 15) is 0 Å². The van der Waals surface area contributed by atoms with Crippen LogP contribution >= 0.6 is 31.9 Å². The highest BCUT2D eigenvalue weighted by molar-refractivity contribution is 9.11. The fourth-order valence-corrected chi connectivity index (χ4v) is 6.70. The summed E-state index contributed by atoms with van der Waals surface area (Å²) in [5.41, 5.74) is 10.6. The zero-order valence-electron chi connectivity index (χ0n) is 22.8. The summed E-state index contributed by atoms with van der Waals surface area (Å²) in [5, 5.41) is 2.55. The minimum Gasteiger partial charge on any atom is -0.309 e. The van der Waals surface area contributed by atoms with Crippen molar-refractivity contribution in [1.82, 2.24) is 4.57 Å². The Kier molecular flexibility index (Phi) is 9.41. The van der Waals surface area contributed by atoms with E-state index in [1.165, 1.54) is 59.8 Å². The molecule has 0 spiro atoms.